The van der Waals surface area contributed by atoms with Crippen molar-refractivity contribution in [3.63, 3.8) is 0 Å². The van der Waals surface area contributed by atoms with Crippen molar-refractivity contribution in [1.82, 2.24) is 14.5 Å². The van der Waals surface area contributed by atoms with Gasteiger partial charge in [-0.2, -0.15) is 0 Å². The van der Waals surface area contributed by atoms with Crippen LogP contribution in [-0.2, 0) is 6.54 Å². The molecule has 2 heterocycles. The molecule has 2 N–H and O–H groups in total. The van der Waals surface area contributed by atoms with Crippen molar-refractivity contribution in [2.75, 3.05) is 6.61 Å². The molecule has 2 aromatic heterocycles. The molecule has 0 spiro atoms. The average Bonchev–Trinajstić information content (AvgIpc) is 3.03. The third-order valence-electron chi connectivity index (χ3n) is 4.82. The molecule has 0 bridgehead atoms. The van der Waals surface area contributed by atoms with Crippen LogP contribution in [0.1, 0.15) is 30.9 Å². The zero-order valence-electron chi connectivity index (χ0n) is 13.9. The normalized spacial score (nSPS) is 15.9. The molecule has 1 aliphatic rings. The first kappa shape index (κ1) is 15.9. The summed E-state index contributed by atoms with van der Waals surface area (Å²) in [6.45, 7) is 0.279. The van der Waals surface area contributed by atoms with Crippen molar-refractivity contribution in [3.8, 4) is 5.75 Å². The lowest BCUT2D eigenvalue weighted by atomic mass is 9.83. The lowest BCUT2D eigenvalue weighted by molar-refractivity contribution is 0.0920. The molecule has 1 fully saturated rings. The number of benzene rings is 1. The zero-order valence-corrected chi connectivity index (χ0v) is 13.9. The molecule has 25 heavy (non-hydrogen) atoms. The number of ether oxygens (including phenoxy) is 1. The van der Waals surface area contributed by atoms with Gasteiger partial charge in [0.25, 0.3) is 5.56 Å². The van der Waals surface area contributed by atoms with Crippen LogP contribution in [0, 0.1) is 0 Å². The number of rotatable bonds is 6. The quantitative estimate of drug-likeness (QED) is 0.723. The minimum Gasteiger partial charge on any atom is -0.490 e. The number of H-pyrrole nitrogens is 1. The van der Waals surface area contributed by atoms with E-state index in [4.69, 9.17) is 4.74 Å². The van der Waals surface area contributed by atoms with Gasteiger partial charge >= 0.3 is 0 Å². The lowest BCUT2D eigenvalue weighted by Crippen LogP contribution is -2.31. The Morgan fingerprint density at radius 2 is 2.24 bits per heavy atom. The first-order valence-corrected chi connectivity index (χ1v) is 8.64. The predicted molar refractivity (Wildman–Crippen MR) is 94.9 cm³/mol. The van der Waals surface area contributed by atoms with Crippen molar-refractivity contribution in [2.45, 2.75) is 37.8 Å². The molecule has 6 heteroatoms. The van der Waals surface area contributed by atoms with E-state index in [1.54, 1.807) is 6.07 Å². The summed E-state index contributed by atoms with van der Waals surface area (Å²) in [4.78, 5) is 19.7. The Hall–Kier alpha value is -2.60. The van der Waals surface area contributed by atoms with Gasteiger partial charge in [0.05, 0.1) is 18.6 Å². The number of fused-ring (bicyclic) bond motifs is 1. The maximum Gasteiger partial charge on any atom is 0.253 e. The molecule has 3 aromatic rings. The van der Waals surface area contributed by atoms with E-state index < -0.39 is 6.10 Å². The minimum absolute atomic E-state index is 0.112. The lowest BCUT2D eigenvalue weighted by Gasteiger charge is -2.24. The van der Waals surface area contributed by atoms with Crippen LogP contribution in [0.15, 0.2) is 47.7 Å². The number of nitrogens with zero attached hydrogens (tertiary/aromatic N) is 2. The van der Waals surface area contributed by atoms with E-state index in [9.17, 15) is 9.90 Å². The number of nitrogens with one attached hydrogen (secondary N) is 1. The predicted octanol–water partition coefficient (Wildman–Crippen LogP) is 2.43. The van der Waals surface area contributed by atoms with Crippen LogP contribution < -0.4 is 10.3 Å². The minimum atomic E-state index is -0.789. The molecule has 0 amide bonds. The summed E-state index contributed by atoms with van der Waals surface area (Å²) >= 11 is 0. The Balaban J connectivity index is 1.39. The van der Waals surface area contributed by atoms with E-state index in [2.05, 4.69) is 9.97 Å². The zero-order chi connectivity index (χ0) is 17.2. The summed E-state index contributed by atoms with van der Waals surface area (Å²) in [5, 5.41) is 11.2. The van der Waals surface area contributed by atoms with Crippen molar-refractivity contribution in [2.24, 2.45) is 0 Å². The summed E-state index contributed by atoms with van der Waals surface area (Å²) in [6.07, 6.45) is 6.02. The van der Waals surface area contributed by atoms with E-state index in [0.29, 0.717) is 11.7 Å². The highest BCUT2D eigenvalue weighted by atomic mass is 16.5. The fraction of sp³-hybridized carbons (Fsp3) is 0.368. The Morgan fingerprint density at radius 1 is 1.36 bits per heavy atom. The molecule has 1 aromatic carbocycles. The van der Waals surface area contributed by atoms with Gasteiger partial charge in [-0.25, -0.2) is 4.98 Å². The third kappa shape index (κ3) is 3.30. The van der Waals surface area contributed by atoms with Crippen molar-refractivity contribution < 1.29 is 9.84 Å². The number of aliphatic hydroxyl groups excluding tert-OH is 1. The molecule has 1 atom stereocenters. The number of aromatic amines is 1. The van der Waals surface area contributed by atoms with Crippen LogP contribution >= 0.6 is 0 Å². The summed E-state index contributed by atoms with van der Waals surface area (Å²) in [7, 11) is 0. The van der Waals surface area contributed by atoms with Crippen molar-refractivity contribution in [1.29, 1.82) is 0 Å². The van der Waals surface area contributed by atoms with Gasteiger partial charge in [-0.15, -0.1) is 0 Å². The van der Waals surface area contributed by atoms with Gasteiger partial charge in [0, 0.05) is 29.1 Å². The second-order valence-electron chi connectivity index (χ2n) is 6.59. The van der Waals surface area contributed by atoms with Crippen LogP contribution in [-0.4, -0.2) is 32.4 Å². The summed E-state index contributed by atoms with van der Waals surface area (Å²) in [5.74, 6) is 1.14. The Bertz CT molecular complexity index is 927. The van der Waals surface area contributed by atoms with Gasteiger partial charge in [-0.05, 0) is 31.0 Å². The van der Waals surface area contributed by atoms with Gasteiger partial charge < -0.3 is 14.8 Å². The maximum absolute atomic E-state index is 12.2. The largest absolute Gasteiger partial charge is 0.490 e. The molecule has 0 aliphatic heterocycles. The molecule has 1 saturated carbocycles. The van der Waals surface area contributed by atoms with Crippen molar-refractivity contribution >= 4 is 10.9 Å². The van der Waals surface area contributed by atoms with E-state index in [1.165, 1.54) is 17.3 Å². The summed E-state index contributed by atoms with van der Waals surface area (Å²) in [5.41, 5.74) is 1.74. The number of hydrogen-bond donors (Lipinski definition) is 2. The fourth-order valence-electron chi connectivity index (χ4n) is 3.15. The van der Waals surface area contributed by atoms with E-state index in [-0.39, 0.29) is 18.7 Å². The van der Waals surface area contributed by atoms with Gasteiger partial charge in [-0.3, -0.25) is 9.36 Å². The second-order valence-corrected chi connectivity index (χ2v) is 6.59. The smallest absolute Gasteiger partial charge is 0.253 e. The van der Waals surface area contributed by atoms with Gasteiger partial charge in [0.2, 0.25) is 0 Å². The number of aliphatic hydroxyl groups is 1. The second kappa shape index (κ2) is 6.72. The maximum atomic E-state index is 12.2. The Morgan fingerprint density at radius 3 is 3.00 bits per heavy atom. The molecular formula is C19H21N3O3. The van der Waals surface area contributed by atoms with Crippen LogP contribution in [0.5, 0.6) is 5.75 Å². The monoisotopic (exact) mass is 339 g/mol. The molecular weight excluding hydrogens is 318 g/mol. The van der Waals surface area contributed by atoms with Crippen molar-refractivity contribution in [3.05, 3.63) is 58.9 Å². The van der Waals surface area contributed by atoms with E-state index in [1.807, 2.05) is 30.5 Å². The van der Waals surface area contributed by atoms with Crippen LogP contribution in [0.3, 0.4) is 0 Å². The van der Waals surface area contributed by atoms with E-state index in [0.717, 1.165) is 29.4 Å². The van der Waals surface area contributed by atoms with E-state index >= 15 is 0 Å². The third-order valence-corrected chi connectivity index (χ3v) is 4.82. The first-order chi connectivity index (χ1) is 12.2. The fourth-order valence-corrected chi connectivity index (χ4v) is 3.15. The average molecular weight is 339 g/mol. The standard InChI is InChI=1S/C19H21N3O3/c23-14(11-25-18-6-2-5-16-15(18)7-8-20-16)10-22-12-21-17(9-19(22)24)13-3-1-4-13/h2,5-9,12-14,20,23H,1,3-4,10-11H2. The number of aromatic nitrogens is 3. The Labute approximate surface area is 145 Å². The highest BCUT2D eigenvalue weighted by Gasteiger charge is 2.21. The van der Waals surface area contributed by atoms with Crippen LogP contribution in [0.25, 0.3) is 10.9 Å². The highest BCUT2D eigenvalue weighted by molar-refractivity contribution is 5.85. The van der Waals surface area contributed by atoms with Crippen LogP contribution in [0.2, 0.25) is 0 Å². The molecule has 0 radical (unpaired) electrons. The summed E-state index contributed by atoms with van der Waals surface area (Å²) < 4.78 is 7.17. The topological polar surface area (TPSA) is 80.1 Å². The molecule has 4 rings (SSSR count). The molecule has 130 valence electrons. The van der Waals surface area contributed by atoms with Crippen LogP contribution in [0.4, 0.5) is 0 Å². The first-order valence-electron chi connectivity index (χ1n) is 8.64. The Kier molecular flexibility index (Phi) is 4.28. The van der Waals surface area contributed by atoms with Gasteiger partial charge in [-0.1, -0.05) is 12.5 Å². The summed E-state index contributed by atoms with van der Waals surface area (Å²) in [6, 6.07) is 9.26. The van der Waals surface area contributed by atoms with Gasteiger partial charge in [0.1, 0.15) is 18.5 Å². The highest BCUT2D eigenvalue weighted by Crippen LogP contribution is 2.34. The molecule has 0 saturated heterocycles. The SMILES string of the molecule is O=c1cc(C2CCC2)ncn1CC(O)COc1cccc2[nH]ccc12. The van der Waals surface area contributed by atoms with Gasteiger partial charge in [0.15, 0.2) is 0 Å². The molecule has 1 unspecified atom stereocenters. The number of hydrogen-bond acceptors (Lipinski definition) is 4. The molecule has 1 aliphatic carbocycles. The molecule has 6 nitrogen and oxygen atoms in total.